The molecule has 5 nitrogen and oxygen atoms in total. The van der Waals surface area contributed by atoms with Crippen LogP contribution < -0.4 is 0 Å². The van der Waals surface area contributed by atoms with Crippen LogP contribution in [0, 0.1) is 18.8 Å². The lowest BCUT2D eigenvalue weighted by Gasteiger charge is -2.04. The number of aromatic nitrogens is 2. The molecule has 0 radical (unpaired) electrons. The van der Waals surface area contributed by atoms with Crippen LogP contribution in [0.1, 0.15) is 11.3 Å². The van der Waals surface area contributed by atoms with Crippen molar-refractivity contribution in [2.45, 2.75) is 11.8 Å². The Balaban J connectivity index is 2.39. The van der Waals surface area contributed by atoms with Crippen molar-refractivity contribution in [1.29, 1.82) is 0 Å². The van der Waals surface area contributed by atoms with Gasteiger partial charge in [-0.1, -0.05) is 23.6 Å². The van der Waals surface area contributed by atoms with Gasteiger partial charge in [-0.25, -0.2) is 17.4 Å². The lowest BCUT2D eigenvalue weighted by Crippen LogP contribution is -2.10. The minimum absolute atomic E-state index is 0.192. The Kier molecular flexibility index (Phi) is 3.69. The second-order valence-corrected chi connectivity index (χ2v) is 5.71. The molecule has 1 aromatic carbocycles. The zero-order chi connectivity index (χ0) is 13.9. The van der Waals surface area contributed by atoms with Gasteiger partial charge in [-0.15, -0.1) is 0 Å². The van der Waals surface area contributed by atoms with Crippen molar-refractivity contribution in [3.8, 4) is 11.8 Å². The van der Waals surface area contributed by atoms with Gasteiger partial charge in [0.1, 0.15) is 18.6 Å². The highest BCUT2D eigenvalue weighted by molar-refractivity contribution is 7.90. The number of benzene rings is 1. The first-order valence-electron chi connectivity index (χ1n) is 5.50. The molecule has 0 bridgehead atoms. The molecule has 98 valence electrons. The Morgan fingerprint density at radius 2 is 2.00 bits per heavy atom. The summed E-state index contributed by atoms with van der Waals surface area (Å²) < 4.78 is 25.5. The van der Waals surface area contributed by atoms with Crippen molar-refractivity contribution in [3.05, 3.63) is 48.0 Å². The summed E-state index contributed by atoms with van der Waals surface area (Å²) in [6, 6.07) is 6.56. The van der Waals surface area contributed by atoms with E-state index in [-0.39, 0.29) is 11.5 Å². The quantitative estimate of drug-likeness (QED) is 0.822. The van der Waals surface area contributed by atoms with Gasteiger partial charge in [0, 0.05) is 0 Å². The first kappa shape index (κ1) is 13.3. The third kappa shape index (κ3) is 2.84. The fourth-order valence-electron chi connectivity index (χ4n) is 1.46. The molecular formula is C13H12N2O3S. The van der Waals surface area contributed by atoms with Crippen molar-refractivity contribution in [1.82, 2.24) is 8.96 Å². The topological polar surface area (TPSA) is 72.2 Å². The van der Waals surface area contributed by atoms with E-state index in [9.17, 15) is 8.42 Å². The molecule has 1 aromatic heterocycles. The van der Waals surface area contributed by atoms with Crippen LogP contribution in [-0.2, 0) is 10.0 Å². The second kappa shape index (κ2) is 5.26. The fourth-order valence-corrected chi connectivity index (χ4v) is 2.60. The third-order valence-corrected chi connectivity index (χ3v) is 4.07. The van der Waals surface area contributed by atoms with Gasteiger partial charge in [0.2, 0.25) is 0 Å². The van der Waals surface area contributed by atoms with Gasteiger partial charge in [0.05, 0.1) is 11.1 Å². The first-order chi connectivity index (χ1) is 9.04. The molecule has 0 amide bonds. The van der Waals surface area contributed by atoms with Crippen molar-refractivity contribution in [3.63, 3.8) is 0 Å². The predicted octanol–water partition coefficient (Wildman–Crippen LogP) is 0.772. The van der Waals surface area contributed by atoms with Crippen molar-refractivity contribution in [2.75, 3.05) is 6.61 Å². The number of rotatable bonds is 2. The number of aliphatic hydroxyl groups is 1. The largest absolute Gasteiger partial charge is 0.384 e. The minimum Gasteiger partial charge on any atom is -0.384 e. The lowest BCUT2D eigenvalue weighted by atomic mass is 10.2. The zero-order valence-electron chi connectivity index (χ0n) is 10.2. The Labute approximate surface area is 111 Å². The van der Waals surface area contributed by atoms with E-state index in [0.717, 1.165) is 9.54 Å². The van der Waals surface area contributed by atoms with Gasteiger partial charge in [0.15, 0.2) is 0 Å². The van der Waals surface area contributed by atoms with Crippen LogP contribution in [0.4, 0.5) is 0 Å². The highest BCUT2D eigenvalue weighted by Gasteiger charge is 2.16. The maximum absolute atomic E-state index is 12.3. The summed E-state index contributed by atoms with van der Waals surface area (Å²) >= 11 is 0. The monoisotopic (exact) mass is 276 g/mol. The number of hydrogen-bond donors (Lipinski definition) is 1. The van der Waals surface area contributed by atoms with Crippen molar-refractivity contribution < 1.29 is 13.5 Å². The maximum Gasteiger partial charge on any atom is 0.268 e. The molecule has 0 saturated carbocycles. The molecular weight excluding hydrogens is 264 g/mol. The maximum atomic E-state index is 12.3. The van der Waals surface area contributed by atoms with Crippen LogP contribution >= 0.6 is 0 Å². The fraction of sp³-hybridized carbons (Fsp3) is 0.154. The average Bonchev–Trinajstić information content (AvgIpc) is 2.86. The number of aliphatic hydroxyl groups excluding tert-OH is 1. The molecule has 0 aliphatic rings. The van der Waals surface area contributed by atoms with Crippen molar-refractivity contribution >= 4 is 10.0 Å². The standard InChI is InChI=1S/C13H12N2O3S/c1-11-4-6-13(7-5-11)19(17,18)15-9-12(14-10-15)3-2-8-16/h4-7,9-10,16H,8H2,1H3. The van der Waals surface area contributed by atoms with E-state index in [1.54, 1.807) is 24.3 Å². The molecule has 0 aliphatic heterocycles. The van der Waals surface area contributed by atoms with Crippen LogP contribution in [0.15, 0.2) is 41.7 Å². The summed E-state index contributed by atoms with van der Waals surface area (Å²) in [6.07, 6.45) is 2.51. The Hall–Kier alpha value is -2.10. The van der Waals surface area contributed by atoms with Crippen LogP contribution in [0.2, 0.25) is 0 Å². The van der Waals surface area contributed by atoms with Crippen LogP contribution in [0.25, 0.3) is 0 Å². The van der Waals surface area contributed by atoms with E-state index in [1.165, 1.54) is 12.5 Å². The van der Waals surface area contributed by atoms with Gasteiger partial charge in [-0.2, -0.15) is 0 Å². The second-order valence-electron chi connectivity index (χ2n) is 3.87. The minimum atomic E-state index is -3.64. The van der Waals surface area contributed by atoms with Crippen molar-refractivity contribution in [2.24, 2.45) is 0 Å². The summed E-state index contributed by atoms with van der Waals surface area (Å²) in [6.45, 7) is 1.59. The highest BCUT2D eigenvalue weighted by atomic mass is 32.2. The molecule has 0 spiro atoms. The number of nitrogens with zero attached hydrogens (tertiary/aromatic N) is 2. The van der Waals surface area contributed by atoms with Gasteiger partial charge >= 0.3 is 0 Å². The SMILES string of the molecule is Cc1ccc(S(=O)(=O)n2cnc(C#CCO)c2)cc1. The van der Waals surface area contributed by atoms with E-state index >= 15 is 0 Å². The number of imidazole rings is 1. The molecule has 0 saturated heterocycles. The molecule has 0 fully saturated rings. The van der Waals surface area contributed by atoms with E-state index in [1.807, 2.05) is 6.92 Å². The molecule has 1 heterocycles. The Bertz CT molecular complexity index is 734. The molecule has 0 atom stereocenters. The number of aryl methyl sites for hydroxylation is 1. The summed E-state index contributed by atoms with van der Waals surface area (Å²) in [5.41, 5.74) is 1.28. The molecule has 6 heteroatoms. The predicted molar refractivity (Wildman–Crippen MR) is 70.0 cm³/mol. The van der Waals surface area contributed by atoms with Gasteiger partial charge < -0.3 is 5.11 Å². The smallest absolute Gasteiger partial charge is 0.268 e. The molecule has 0 unspecified atom stereocenters. The number of hydrogen-bond acceptors (Lipinski definition) is 4. The molecule has 0 aliphatic carbocycles. The van der Waals surface area contributed by atoms with Crippen LogP contribution in [0.3, 0.4) is 0 Å². The summed E-state index contributed by atoms with van der Waals surface area (Å²) in [5, 5.41) is 8.57. The van der Waals surface area contributed by atoms with E-state index < -0.39 is 10.0 Å². The molecule has 19 heavy (non-hydrogen) atoms. The van der Waals surface area contributed by atoms with Crippen LogP contribution in [-0.4, -0.2) is 29.1 Å². The Morgan fingerprint density at radius 1 is 1.32 bits per heavy atom. The molecule has 2 aromatic rings. The highest BCUT2D eigenvalue weighted by Crippen LogP contribution is 2.14. The summed E-state index contributed by atoms with van der Waals surface area (Å²) in [7, 11) is -3.64. The normalized spacial score (nSPS) is 10.8. The zero-order valence-corrected chi connectivity index (χ0v) is 11.1. The molecule has 2 rings (SSSR count). The van der Waals surface area contributed by atoms with Gasteiger partial charge in [0.25, 0.3) is 10.0 Å². The average molecular weight is 276 g/mol. The van der Waals surface area contributed by atoms with E-state index in [0.29, 0.717) is 5.69 Å². The Morgan fingerprint density at radius 3 is 2.63 bits per heavy atom. The van der Waals surface area contributed by atoms with Gasteiger partial charge in [-0.05, 0) is 25.0 Å². The van der Waals surface area contributed by atoms with Crippen LogP contribution in [0.5, 0.6) is 0 Å². The summed E-state index contributed by atoms with van der Waals surface area (Å²) in [4.78, 5) is 4.05. The third-order valence-electron chi connectivity index (χ3n) is 2.45. The lowest BCUT2D eigenvalue weighted by molar-refractivity contribution is 0.350. The van der Waals surface area contributed by atoms with E-state index in [4.69, 9.17) is 5.11 Å². The van der Waals surface area contributed by atoms with Gasteiger partial charge in [-0.3, -0.25) is 0 Å². The van der Waals surface area contributed by atoms with E-state index in [2.05, 4.69) is 16.8 Å². The summed E-state index contributed by atoms with van der Waals surface area (Å²) in [5.74, 6) is 4.96. The molecule has 1 N–H and O–H groups in total. The first-order valence-corrected chi connectivity index (χ1v) is 6.94.